The number of carbonyl (C=O) groups is 1. The Balaban J connectivity index is 3.24. The van der Waals surface area contributed by atoms with Crippen LogP contribution in [-0.4, -0.2) is 34.5 Å². The van der Waals surface area contributed by atoms with Crippen LogP contribution in [-0.2, 0) is 4.79 Å². The van der Waals surface area contributed by atoms with Crippen LogP contribution in [0.15, 0.2) is 29.0 Å². The monoisotopic (exact) mass is 276 g/mol. The van der Waals surface area contributed by atoms with Crippen molar-refractivity contribution in [3.05, 3.63) is 23.9 Å². The molecule has 0 spiro atoms. The predicted molar refractivity (Wildman–Crippen MR) is 64.5 cm³/mol. The Morgan fingerprint density at radius 1 is 1.47 bits per heavy atom. The van der Waals surface area contributed by atoms with E-state index in [1.54, 1.807) is 32.1 Å². The molecule has 0 saturated carbocycles. The maximum atomic E-state index is 13.1. The second-order valence-corrected chi connectivity index (χ2v) is 4.35. The molecule has 1 heterocycles. The van der Waals surface area contributed by atoms with E-state index in [0.717, 1.165) is 11.9 Å². The summed E-state index contributed by atoms with van der Waals surface area (Å²) in [6.45, 7) is 3.67. The highest BCUT2D eigenvalue weighted by molar-refractivity contribution is 6.38. The summed E-state index contributed by atoms with van der Waals surface area (Å²) in [5.41, 5.74) is -2.94. The van der Waals surface area contributed by atoms with Gasteiger partial charge in [0.1, 0.15) is 5.41 Å². The summed E-state index contributed by atoms with van der Waals surface area (Å²) < 4.78 is 39.2. The Morgan fingerprint density at radius 2 is 2.05 bits per heavy atom. The predicted octanol–water partition coefficient (Wildman–Crippen LogP) is 2.79. The molecule has 0 radical (unpaired) electrons. The Bertz CT molecular complexity index is 466. The molecule has 0 saturated heterocycles. The molecule has 7 heteroatoms. The van der Waals surface area contributed by atoms with E-state index in [4.69, 9.17) is 5.11 Å². The molecular weight excluding hydrogens is 261 g/mol. The van der Waals surface area contributed by atoms with Crippen LogP contribution in [0.5, 0.6) is 0 Å². The number of hydrazone groups is 1. The van der Waals surface area contributed by atoms with Crippen LogP contribution in [0.1, 0.15) is 20.8 Å². The van der Waals surface area contributed by atoms with E-state index < -0.39 is 29.8 Å². The molecule has 19 heavy (non-hydrogen) atoms. The third kappa shape index (κ3) is 2.64. The largest absolute Gasteiger partial charge is 0.477 e. The molecule has 0 aromatic carbocycles. The van der Waals surface area contributed by atoms with Gasteiger partial charge in [0, 0.05) is 0 Å². The SMILES string of the molecule is C/C=C\C(=C/C)N1CC(C)(C(F)(F)F)C(C(=O)O)=N1. The fourth-order valence-corrected chi connectivity index (χ4v) is 1.79. The quantitative estimate of drug-likeness (QED) is 0.806. The van der Waals surface area contributed by atoms with Crippen molar-refractivity contribution in [3.8, 4) is 0 Å². The van der Waals surface area contributed by atoms with Crippen LogP contribution in [0.2, 0.25) is 0 Å². The fourth-order valence-electron chi connectivity index (χ4n) is 1.79. The molecule has 0 aromatic rings. The molecule has 1 unspecified atom stereocenters. The molecule has 0 aromatic heterocycles. The van der Waals surface area contributed by atoms with Crippen molar-refractivity contribution in [1.82, 2.24) is 5.01 Å². The van der Waals surface area contributed by atoms with Crippen molar-refractivity contribution >= 4 is 11.7 Å². The van der Waals surface area contributed by atoms with Gasteiger partial charge in [-0.3, -0.25) is 5.01 Å². The average molecular weight is 276 g/mol. The van der Waals surface area contributed by atoms with Crippen LogP contribution in [0.25, 0.3) is 0 Å². The standard InChI is InChI=1S/C12H15F3N2O2/c1-4-6-8(5-2)17-7-11(3,12(13,14)15)9(16-17)10(18)19/h4-6H,7H2,1-3H3,(H,18,19)/b6-4-,8-5+. The van der Waals surface area contributed by atoms with Gasteiger partial charge in [-0.2, -0.15) is 18.3 Å². The fraction of sp³-hybridized carbons (Fsp3) is 0.500. The van der Waals surface area contributed by atoms with E-state index >= 15 is 0 Å². The smallest absolute Gasteiger partial charge is 0.401 e. The number of alkyl halides is 3. The maximum absolute atomic E-state index is 13.1. The number of hydrogen-bond acceptors (Lipinski definition) is 3. The van der Waals surface area contributed by atoms with E-state index in [2.05, 4.69) is 5.10 Å². The topological polar surface area (TPSA) is 52.9 Å². The van der Waals surface area contributed by atoms with Crippen LogP contribution in [0, 0.1) is 5.41 Å². The van der Waals surface area contributed by atoms with Gasteiger partial charge in [-0.25, -0.2) is 4.79 Å². The van der Waals surface area contributed by atoms with Gasteiger partial charge >= 0.3 is 12.1 Å². The number of allylic oxidation sites excluding steroid dienone is 3. The summed E-state index contributed by atoms with van der Waals surface area (Å²) in [7, 11) is 0. The summed E-state index contributed by atoms with van der Waals surface area (Å²) in [6, 6.07) is 0. The lowest BCUT2D eigenvalue weighted by atomic mass is 9.85. The molecule has 0 aliphatic carbocycles. The molecule has 106 valence electrons. The van der Waals surface area contributed by atoms with E-state index in [1.807, 2.05) is 0 Å². The molecule has 1 rings (SSSR count). The third-order valence-corrected chi connectivity index (χ3v) is 2.97. The second kappa shape index (κ2) is 5.07. The van der Waals surface area contributed by atoms with Crippen molar-refractivity contribution < 1.29 is 23.1 Å². The Hall–Kier alpha value is -1.79. The highest BCUT2D eigenvalue weighted by Crippen LogP contribution is 2.44. The molecule has 4 nitrogen and oxygen atoms in total. The summed E-state index contributed by atoms with van der Waals surface area (Å²) in [5.74, 6) is -1.65. The molecule has 0 amide bonds. The Morgan fingerprint density at radius 3 is 2.37 bits per heavy atom. The molecule has 1 N–H and O–H groups in total. The van der Waals surface area contributed by atoms with Gasteiger partial charge in [0.25, 0.3) is 0 Å². The van der Waals surface area contributed by atoms with Gasteiger partial charge in [0.15, 0.2) is 5.71 Å². The minimum absolute atomic E-state index is 0.425. The minimum atomic E-state index is -4.67. The van der Waals surface area contributed by atoms with Gasteiger partial charge in [0.05, 0.1) is 12.2 Å². The van der Waals surface area contributed by atoms with Crippen molar-refractivity contribution in [2.45, 2.75) is 26.9 Å². The van der Waals surface area contributed by atoms with Crippen LogP contribution < -0.4 is 0 Å². The zero-order valence-corrected chi connectivity index (χ0v) is 10.8. The molecule has 0 fully saturated rings. The minimum Gasteiger partial charge on any atom is -0.477 e. The number of nitrogens with zero attached hydrogens (tertiary/aromatic N) is 2. The van der Waals surface area contributed by atoms with E-state index in [1.165, 1.54) is 0 Å². The van der Waals surface area contributed by atoms with Gasteiger partial charge in [-0.05, 0) is 26.8 Å². The van der Waals surface area contributed by atoms with Crippen LogP contribution in [0.3, 0.4) is 0 Å². The number of rotatable bonds is 3. The maximum Gasteiger partial charge on any atom is 0.401 e. The zero-order valence-electron chi connectivity index (χ0n) is 10.8. The number of carboxylic acids is 1. The van der Waals surface area contributed by atoms with Crippen LogP contribution in [0.4, 0.5) is 13.2 Å². The van der Waals surface area contributed by atoms with E-state index in [9.17, 15) is 18.0 Å². The van der Waals surface area contributed by atoms with Crippen molar-refractivity contribution in [3.63, 3.8) is 0 Å². The number of halogens is 3. The first-order valence-electron chi connectivity index (χ1n) is 5.63. The van der Waals surface area contributed by atoms with Gasteiger partial charge in [0.2, 0.25) is 0 Å². The van der Waals surface area contributed by atoms with E-state index in [0.29, 0.717) is 5.70 Å². The van der Waals surface area contributed by atoms with Crippen molar-refractivity contribution in [2.75, 3.05) is 6.54 Å². The number of hydrogen-bond donors (Lipinski definition) is 1. The normalized spacial score (nSPS) is 25.1. The summed E-state index contributed by atoms with van der Waals surface area (Å²) >= 11 is 0. The summed E-state index contributed by atoms with van der Waals surface area (Å²) in [6.07, 6.45) is 0.123. The third-order valence-electron chi connectivity index (χ3n) is 2.97. The van der Waals surface area contributed by atoms with Gasteiger partial charge in [-0.15, -0.1) is 0 Å². The molecule has 1 aliphatic rings. The zero-order chi connectivity index (χ0) is 14.8. The van der Waals surface area contributed by atoms with Crippen molar-refractivity contribution in [2.24, 2.45) is 10.5 Å². The molecule has 0 bridgehead atoms. The van der Waals surface area contributed by atoms with Gasteiger partial charge in [-0.1, -0.05) is 12.2 Å². The first kappa shape index (κ1) is 15.3. The number of aliphatic carboxylic acids is 1. The first-order chi connectivity index (χ1) is 8.67. The first-order valence-corrected chi connectivity index (χ1v) is 5.63. The lowest BCUT2D eigenvalue weighted by Crippen LogP contribution is -2.47. The highest BCUT2D eigenvalue weighted by Gasteiger charge is 2.60. The molecule has 1 atom stereocenters. The van der Waals surface area contributed by atoms with Crippen molar-refractivity contribution in [1.29, 1.82) is 0 Å². The molecular formula is C12H15F3N2O2. The van der Waals surface area contributed by atoms with Gasteiger partial charge < -0.3 is 5.11 Å². The van der Waals surface area contributed by atoms with Crippen LogP contribution >= 0.6 is 0 Å². The number of carboxylic acid groups (broad SMARTS) is 1. The Kier molecular flexibility index (Phi) is 4.07. The average Bonchev–Trinajstić information content (AvgIpc) is 2.65. The summed E-state index contributed by atoms with van der Waals surface area (Å²) in [4.78, 5) is 11.0. The Labute approximate surface area is 108 Å². The van der Waals surface area contributed by atoms with E-state index in [-0.39, 0.29) is 0 Å². The summed E-state index contributed by atoms with van der Waals surface area (Å²) in [5, 5.41) is 13.6. The lowest BCUT2D eigenvalue weighted by Gasteiger charge is -2.27. The lowest BCUT2D eigenvalue weighted by molar-refractivity contribution is -0.193. The second-order valence-electron chi connectivity index (χ2n) is 4.35. The highest BCUT2D eigenvalue weighted by atomic mass is 19.4. The molecule has 1 aliphatic heterocycles.